The molecule has 0 saturated heterocycles. The molecule has 3 aromatic carbocycles. The topological polar surface area (TPSA) is 29.5 Å². The van der Waals surface area contributed by atoms with Gasteiger partial charge in [-0.3, -0.25) is 0 Å². The number of hydrogen-bond donors (Lipinski definition) is 0. The molecule has 4 heteroatoms. The summed E-state index contributed by atoms with van der Waals surface area (Å²) in [7, 11) is 0. The first-order valence-corrected chi connectivity index (χ1v) is 11.0. The molecule has 3 aromatic rings. The Kier molecular flexibility index (Phi) is 6.98. The molecule has 0 atom stereocenters. The normalized spacial score (nSPS) is 13.0. The molecule has 0 saturated carbocycles. The molecule has 1 aliphatic rings. The minimum Gasteiger partial charge on any atom is -0.487 e. The van der Waals surface area contributed by atoms with E-state index in [0.29, 0.717) is 25.0 Å². The Morgan fingerprint density at radius 1 is 0.968 bits per heavy atom. The standard InChI is InChI=1S/C27H28FNO2/c28-25-19-22(13-14-23(25)11-6-18-30)20-31-26-12-4-9-24-10-5-16-29(27(24)26)17-15-21-7-2-1-3-8-21/h1-4,7-9,12-14,18-19H,5-6,10-11,15-17,20H2. The molecule has 3 nitrogen and oxygen atoms in total. The van der Waals surface area contributed by atoms with Gasteiger partial charge in [0.1, 0.15) is 24.5 Å². The fourth-order valence-electron chi connectivity index (χ4n) is 4.21. The van der Waals surface area contributed by atoms with E-state index in [9.17, 15) is 9.18 Å². The van der Waals surface area contributed by atoms with Crippen LogP contribution in [0.25, 0.3) is 0 Å². The molecule has 0 aliphatic carbocycles. The van der Waals surface area contributed by atoms with Gasteiger partial charge in [-0.1, -0.05) is 54.6 Å². The first-order chi connectivity index (χ1) is 15.2. The third-order valence-electron chi connectivity index (χ3n) is 5.83. The minimum atomic E-state index is -0.275. The average molecular weight is 418 g/mol. The molecule has 0 unspecified atom stereocenters. The summed E-state index contributed by atoms with van der Waals surface area (Å²) in [5.74, 6) is 0.582. The number of aldehydes is 1. The Morgan fingerprint density at radius 3 is 2.65 bits per heavy atom. The number of fused-ring (bicyclic) bond motifs is 1. The predicted molar refractivity (Wildman–Crippen MR) is 122 cm³/mol. The van der Waals surface area contributed by atoms with E-state index in [2.05, 4.69) is 35.2 Å². The number of aryl methyl sites for hydroxylation is 2. The predicted octanol–water partition coefficient (Wildman–Crippen LogP) is 5.53. The van der Waals surface area contributed by atoms with Crippen LogP contribution in [-0.2, 0) is 30.7 Å². The van der Waals surface area contributed by atoms with E-state index < -0.39 is 0 Å². The Balaban J connectivity index is 1.47. The summed E-state index contributed by atoms with van der Waals surface area (Å²) in [5.41, 5.74) is 5.18. The van der Waals surface area contributed by atoms with Gasteiger partial charge in [-0.25, -0.2) is 4.39 Å². The van der Waals surface area contributed by atoms with Gasteiger partial charge in [-0.2, -0.15) is 0 Å². The van der Waals surface area contributed by atoms with Crippen LogP contribution in [0.3, 0.4) is 0 Å². The fraction of sp³-hybridized carbons (Fsp3) is 0.296. The lowest BCUT2D eigenvalue weighted by Gasteiger charge is -2.33. The molecule has 0 spiro atoms. The lowest BCUT2D eigenvalue weighted by Crippen LogP contribution is -2.31. The molecule has 0 amide bonds. The third kappa shape index (κ3) is 5.32. The molecule has 1 aliphatic heterocycles. The van der Waals surface area contributed by atoms with Crippen LogP contribution in [0.5, 0.6) is 5.75 Å². The molecule has 4 rings (SSSR count). The zero-order valence-corrected chi connectivity index (χ0v) is 17.7. The lowest BCUT2D eigenvalue weighted by atomic mass is 10.00. The van der Waals surface area contributed by atoms with E-state index >= 15 is 0 Å². The van der Waals surface area contributed by atoms with Crippen molar-refractivity contribution < 1.29 is 13.9 Å². The number of ether oxygens (including phenoxy) is 1. The van der Waals surface area contributed by atoms with Gasteiger partial charge in [0, 0.05) is 19.5 Å². The van der Waals surface area contributed by atoms with Crippen LogP contribution in [0.15, 0.2) is 66.7 Å². The molecule has 0 fully saturated rings. The van der Waals surface area contributed by atoms with E-state index in [1.165, 1.54) is 22.9 Å². The molecule has 0 aromatic heterocycles. The monoisotopic (exact) mass is 417 g/mol. The highest BCUT2D eigenvalue weighted by molar-refractivity contribution is 5.65. The van der Waals surface area contributed by atoms with Gasteiger partial charge in [0.05, 0.1) is 5.69 Å². The molecule has 0 N–H and O–H groups in total. The van der Waals surface area contributed by atoms with E-state index in [0.717, 1.165) is 50.0 Å². The second-order valence-corrected chi connectivity index (χ2v) is 8.01. The summed E-state index contributed by atoms with van der Waals surface area (Å²) in [6.07, 6.45) is 4.76. The summed E-state index contributed by atoms with van der Waals surface area (Å²) in [6, 6.07) is 21.9. The Labute approximate surface area is 183 Å². The zero-order valence-electron chi connectivity index (χ0n) is 17.7. The van der Waals surface area contributed by atoms with Crippen molar-refractivity contribution in [2.75, 3.05) is 18.0 Å². The van der Waals surface area contributed by atoms with Gasteiger partial charge in [0.15, 0.2) is 0 Å². The van der Waals surface area contributed by atoms with Crippen molar-refractivity contribution in [1.82, 2.24) is 0 Å². The van der Waals surface area contributed by atoms with Crippen molar-refractivity contribution >= 4 is 12.0 Å². The summed E-state index contributed by atoms with van der Waals surface area (Å²) < 4.78 is 20.5. The minimum absolute atomic E-state index is 0.275. The van der Waals surface area contributed by atoms with Gasteiger partial charge in [0.2, 0.25) is 0 Å². The van der Waals surface area contributed by atoms with Crippen LogP contribution in [0.1, 0.15) is 35.1 Å². The maximum Gasteiger partial charge on any atom is 0.143 e. The molecular formula is C27H28FNO2. The van der Waals surface area contributed by atoms with Crippen molar-refractivity contribution in [1.29, 1.82) is 0 Å². The van der Waals surface area contributed by atoms with Crippen LogP contribution >= 0.6 is 0 Å². The van der Waals surface area contributed by atoms with Crippen LogP contribution in [0.4, 0.5) is 10.1 Å². The summed E-state index contributed by atoms with van der Waals surface area (Å²) in [5, 5.41) is 0. The highest BCUT2D eigenvalue weighted by atomic mass is 19.1. The van der Waals surface area contributed by atoms with Gasteiger partial charge < -0.3 is 14.4 Å². The molecule has 31 heavy (non-hydrogen) atoms. The van der Waals surface area contributed by atoms with Crippen LogP contribution in [0.2, 0.25) is 0 Å². The smallest absolute Gasteiger partial charge is 0.143 e. The number of benzene rings is 3. The third-order valence-corrected chi connectivity index (χ3v) is 5.83. The SMILES string of the molecule is O=CCCc1ccc(COc2cccc3c2N(CCc2ccccc2)CCC3)cc1F. The van der Waals surface area contributed by atoms with E-state index in [1.807, 2.05) is 24.3 Å². The molecule has 0 radical (unpaired) electrons. The largest absolute Gasteiger partial charge is 0.487 e. The maximum absolute atomic E-state index is 14.3. The Morgan fingerprint density at radius 2 is 1.84 bits per heavy atom. The van der Waals surface area contributed by atoms with Gasteiger partial charge in [0.25, 0.3) is 0 Å². The Hall–Kier alpha value is -3.14. The fourth-order valence-corrected chi connectivity index (χ4v) is 4.21. The van der Waals surface area contributed by atoms with Gasteiger partial charge in [-0.15, -0.1) is 0 Å². The summed E-state index contributed by atoms with van der Waals surface area (Å²) in [4.78, 5) is 13.0. The number of carbonyl (C=O) groups is 1. The highest BCUT2D eigenvalue weighted by Crippen LogP contribution is 2.37. The second-order valence-electron chi connectivity index (χ2n) is 8.01. The van der Waals surface area contributed by atoms with Crippen molar-refractivity contribution in [2.24, 2.45) is 0 Å². The van der Waals surface area contributed by atoms with Crippen LogP contribution in [0, 0.1) is 5.82 Å². The molecule has 0 bridgehead atoms. The molecule has 1 heterocycles. The van der Waals surface area contributed by atoms with Crippen molar-refractivity contribution in [2.45, 2.75) is 38.7 Å². The number of carbonyl (C=O) groups excluding carboxylic acids is 1. The number of rotatable bonds is 9. The van der Waals surface area contributed by atoms with Crippen molar-refractivity contribution in [3.05, 3.63) is 94.8 Å². The van der Waals surface area contributed by atoms with E-state index in [1.54, 1.807) is 6.07 Å². The zero-order chi connectivity index (χ0) is 21.5. The second kappa shape index (κ2) is 10.3. The van der Waals surface area contributed by atoms with Crippen LogP contribution < -0.4 is 9.64 Å². The number of para-hydroxylation sites is 1. The van der Waals surface area contributed by atoms with Crippen molar-refractivity contribution in [3.63, 3.8) is 0 Å². The van der Waals surface area contributed by atoms with E-state index in [-0.39, 0.29) is 5.82 Å². The number of halogens is 1. The van der Waals surface area contributed by atoms with Crippen LogP contribution in [-0.4, -0.2) is 19.4 Å². The summed E-state index contributed by atoms with van der Waals surface area (Å²) in [6.45, 7) is 2.27. The number of anilines is 1. The van der Waals surface area contributed by atoms with Crippen molar-refractivity contribution in [3.8, 4) is 5.75 Å². The van der Waals surface area contributed by atoms with Gasteiger partial charge >= 0.3 is 0 Å². The maximum atomic E-state index is 14.3. The number of nitrogens with zero attached hydrogens (tertiary/aromatic N) is 1. The van der Waals surface area contributed by atoms with E-state index in [4.69, 9.17) is 4.74 Å². The first-order valence-electron chi connectivity index (χ1n) is 11.0. The summed E-state index contributed by atoms with van der Waals surface area (Å²) >= 11 is 0. The Bertz CT molecular complexity index is 1020. The molecule has 160 valence electrons. The lowest BCUT2D eigenvalue weighted by molar-refractivity contribution is -0.107. The highest BCUT2D eigenvalue weighted by Gasteiger charge is 2.21. The first kappa shape index (κ1) is 21.1. The average Bonchev–Trinajstić information content (AvgIpc) is 2.81. The number of hydrogen-bond acceptors (Lipinski definition) is 3. The quantitative estimate of drug-likeness (QED) is 0.429. The van der Waals surface area contributed by atoms with Gasteiger partial charge in [-0.05, 0) is 60.1 Å². The molecular weight excluding hydrogens is 389 g/mol.